The number of hydrogen-bond donors (Lipinski definition) is 1. The first kappa shape index (κ1) is 14.9. The van der Waals surface area contributed by atoms with Gasteiger partial charge in [0.25, 0.3) is 0 Å². The van der Waals surface area contributed by atoms with Crippen LogP contribution in [0.25, 0.3) is 0 Å². The summed E-state index contributed by atoms with van der Waals surface area (Å²) in [5.41, 5.74) is -0.249. The van der Waals surface area contributed by atoms with Gasteiger partial charge >= 0.3 is 0 Å². The molecule has 0 saturated heterocycles. The average Bonchev–Trinajstić information content (AvgIpc) is 2.64. The molecule has 1 saturated carbocycles. The fourth-order valence-corrected chi connectivity index (χ4v) is 3.70. The number of hydrogen-bond acceptors (Lipinski definition) is 4. The Hall–Kier alpha value is -0.170. The molecule has 102 valence electrons. The van der Waals surface area contributed by atoms with E-state index in [9.17, 15) is 8.42 Å². The van der Waals surface area contributed by atoms with Gasteiger partial charge in [0, 0.05) is 25.7 Å². The Kier molecular flexibility index (Phi) is 5.85. The standard InChI is InChI=1S/C11H23NO4S/c1-15-7-4-8-16-9-11(5-2-3-6-11)10-17(12,13)14/h2-10H2,1H3,(H2,12,13,14). The van der Waals surface area contributed by atoms with Crippen LogP contribution in [-0.2, 0) is 19.5 Å². The van der Waals surface area contributed by atoms with Crippen molar-refractivity contribution in [2.75, 3.05) is 32.7 Å². The van der Waals surface area contributed by atoms with Crippen LogP contribution in [-0.4, -0.2) is 41.1 Å². The molecule has 0 radical (unpaired) electrons. The lowest BCUT2D eigenvalue weighted by Crippen LogP contribution is -2.35. The van der Waals surface area contributed by atoms with Gasteiger partial charge in [-0.15, -0.1) is 0 Å². The van der Waals surface area contributed by atoms with E-state index in [0.29, 0.717) is 19.8 Å². The lowest BCUT2D eigenvalue weighted by molar-refractivity contribution is 0.0455. The van der Waals surface area contributed by atoms with E-state index in [2.05, 4.69) is 0 Å². The molecule has 1 rings (SSSR count). The monoisotopic (exact) mass is 265 g/mol. The molecule has 1 aliphatic carbocycles. The van der Waals surface area contributed by atoms with Crippen LogP contribution in [0.15, 0.2) is 0 Å². The first-order valence-electron chi connectivity index (χ1n) is 6.05. The number of primary sulfonamides is 1. The number of methoxy groups -OCH3 is 1. The second-order valence-corrected chi connectivity index (χ2v) is 6.53. The lowest BCUT2D eigenvalue weighted by Gasteiger charge is -2.27. The minimum atomic E-state index is -3.42. The van der Waals surface area contributed by atoms with Gasteiger partial charge in [-0.3, -0.25) is 0 Å². The summed E-state index contributed by atoms with van der Waals surface area (Å²) in [6.45, 7) is 1.77. The van der Waals surface area contributed by atoms with Crippen molar-refractivity contribution in [3.63, 3.8) is 0 Å². The van der Waals surface area contributed by atoms with Gasteiger partial charge in [0.15, 0.2) is 0 Å². The summed E-state index contributed by atoms with van der Waals surface area (Å²) in [6, 6.07) is 0. The van der Waals surface area contributed by atoms with Gasteiger partial charge < -0.3 is 9.47 Å². The lowest BCUT2D eigenvalue weighted by atomic mass is 9.90. The SMILES string of the molecule is COCCCOCC1(CS(N)(=O)=O)CCCC1. The molecule has 0 spiro atoms. The molecule has 0 aromatic rings. The van der Waals surface area contributed by atoms with Crippen LogP contribution in [0.4, 0.5) is 0 Å². The highest BCUT2D eigenvalue weighted by Gasteiger charge is 2.37. The van der Waals surface area contributed by atoms with E-state index >= 15 is 0 Å². The van der Waals surface area contributed by atoms with Crippen molar-refractivity contribution in [1.82, 2.24) is 0 Å². The van der Waals surface area contributed by atoms with Crippen LogP contribution in [0.5, 0.6) is 0 Å². The maximum Gasteiger partial charge on any atom is 0.209 e. The molecule has 0 aromatic carbocycles. The molecule has 0 bridgehead atoms. The quantitative estimate of drug-likeness (QED) is 0.661. The zero-order valence-electron chi connectivity index (χ0n) is 10.5. The summed E-state index contributed by atoms with van der Waals surface area (Å²) in [5.74, 6) is 0.0459. The van der Waals surface area contributed by atoms with Gasteiger partial charge in [0.2, 0.25) is 10.0 Å². The predicted octanol–water partition coefficient (Wildman–Crippen LogP) is 0.888. The molecule has 0 unspecified atom stereocenters. The second-order valence-electron chi connectivity index (χ2n) is 4.91. The average molecular weight is 265 g/mol. The Morgan fingerprint density at radius 1 is 1.24 bits per heavy atom. The van der Waals surface area contributed by atoms with Crippen LogP contribution in [0, 0.1) is 5.41 Å². The summed E-state index contributed by atoms with van der Waals surface area (Å²) >= 11 is 0. The Morgan fingerprint density at radius 2 is 1.88 bits per heavy atom. The molecule has 1 aliphatic rings. The maximum atomic E-state index is 11.2. The molecule has 6 heteroatoms. The summed E-state index contributed by atoms with van der Waals surface area (Å²) < 4.78 is 33.0. The molecular formula is C11H23NO4S. The van der Waals surface area contributed by atoms with E-state index in [1.54, 1.807) is 7.11 Å². The van der Waals surface area contributed by atoms with Crippen LogP contribution < -0.4 is 5.14 Å². The minimum absolute atomic E-state index is 0.0459. The zero-order chi connectivity index (χ0) is 12.8. The largest absolute Gasteiger partial charge is 0.385 e. The van der Waals surface area contributed by atoms with E-state index in [4.69, 9.17) is 14.6 Å². The number of ether oxygens (including phenoxy) is 2. The van der Waals surface area contributed by atoms with Crippen molar-refractivity contribution < 1.29 is 17.9 Å². The van der Waals surface area contributed by atoms with Crippen LogP contribution in [0.2, 0.25) is 0 Å². The van der Waals surface area contributed by atoms with Gasteiger partial charge in [-0.25, -0.2) is 13.6 Å². The van der Waals surface area contributed by atoms with E-state index in [0.717, 1.165) is 32.1 Å². The van der Waals surface area contributed by atoms with Gasteiger partial charge in [-0.1, -0.05) is 12.8 Å². The molecule has 0 aromatic heterocycles. The van der Waals surface area contributed by atoms with Crippen LogP contribution >= 0.6 is 0 Å². The molecule has 0 aliphatic heterocycles. The third kappa shape index (κ3) is 5.81. The molecular weight excluding hydrogens is 242 g/mol. The highest BCUT2D eigenvalue weighted by Crippen LogP contribution is 2.39. The molecule has 0 amide bonds. The summed E-state index contributed by atoms with van der Waals surface area (Å²) in [6.07, 6.45) is 4.76. The normalized spacial score (nSPS) is 19.6. The summed E-state index contributed by atoms with van der Waals surface area (Å²) in [5, 5.41) is 5.15. The first-order valence-corrected chi connectivity index (χ1v) is 7.76. The van der Waals surface area contributed by atoms with Crippen molar-refractivity contribution in [1.29, 1.82) is 0 Å². The highest BCUT2D eigenvalue weighted by molar-refractivity contribution is 7.89. The topological polar surface area (TPSA) is 78.6 Å². The van der Waals surface area contributed by atoms with E-state index in [1.165, 1.54) is 0 Å². The summed E-state index contributed by atoms with van der Waals surface area (Å²) in [4.78, 5) is 0. The smallest absolute Gasteiger partial charge is 0.209 e. The van der Waals surface area contributed by atoms with Crippen molar-refractivity contribution in [2.24, 2.45) is 10.6 Å². The van der Waals surface area contributed by atoms with E-state index < -0.39 is 10.0 Å². The Bertz CT molecular complexity index is 309. The van der Waals surface area contributed by atoms with Crippen molar-refractivity contribution in [2.45, 2.75) is 32.1 Å². The van der Waals surface area contributed by atoms with Crippen molar-refractivity contribution in [3.05, 3.63) is 0 Å². The van der Waals surface area contributed by atoms with Crippen molar-refractivity contribution >= 4 is 10.0 Å². The third-order valence-electron chi connectivity index (χ3n) is 3.22. The molecule has 0 heterocycles. The Morgan fingerprint density at radius 3 is 2.41 bits per heavy atom. The maximum absolute atomic E-state index is 11.2. The fourth-order valence-electron chi connectivity index (χ4n) is 2.48. The zero-order valence-corrected chi connectivity index (χ0v) is 11.3. The molecule has 5 nitrogen and oxygen atoms in total. The summed E-state index contributed by atoms with van der Waals surface area (Å²) in [7, 11) is -1.77. The Labute approximate surface area is 104 Å². The number of nitrogens with two attached hydrogens (primary N) is 1. The second kappa shape index (κ2) is 6.68. The first-order chi connectivity index (χ1) is 7.97. The number of rotatable bonds is 8. The molecule has 2 N–H and O–H groups in total. The van der Waals surface area contributed by atoms with Gasteiger partial charge in [0.1, 0.15) is 0 Å². The van der Waals surface area contributed by atoms with Crippen LogP contribution in [0.3, 0.4) is 0 Å². The molecule has 17 heavy (non-hydrogen) atoms. The predicted molar refractivity (Wildman–Crippen MR) is 66.2 cm³/mol. The highest BCUT2D eigenvalue weighted by atomic mass is 32.2. The van der Waals surface area contributed by atoms with E-state index in [1.807, 2.05) is 0 Å². The fraction of sp³-hybridized carbons (Fsp3) is 1.00. The van der Waals surface area contributed by atoms with Gasteiger partial charge in [0.05, 0.1) is 12.4 Å². The number of sulfonamides is 1. The van der Waals surface area contributed by atoms with E-state index in [-0.39, 0.29) is 11.2 Å². The molecule has 1 fully saturated rings. The van der Waals surface area contributed by atoms with Gasteiger partial charge in [-0.05, 0) is 19.3 Å². The van der Waals surface area contributed by atoms with Crippen molar-refractivity contribution in [3.8, 4) is 0 Å². The third-order valence-corrected chi connectivity index (χ3v) is 4.23. The van der Waals surface area contributed by atoms with Gasteiger partial charge in [-0.2, -0.15) is 0 Å². The molecule has 0 atom stereocenters. The minimum Gasteiger partial charge on any atom is -0.385 e. The Balaban J connectivity index is 2.38. The van der Waals surface area contributed by atoms with Crippen LogP contribution in [0.1, 0.15) is 32.1 Å².